The third-order valence-electron chi connectivity index (χ3n) is 8.41. The van der Waals surface area contributed by atoms with Crippen LogP contribution < -0.4 is 5.32 Å². The van der Waals surface area contributed by atoms with Crippen molar-refractivity contribution in [3.8, 4) is 0 Å². The fourth-order valence-corrected chi connectivity index (χ4v) is 5.70. The summed E-state index contributed by atoms with van der Waals surface area (Å²) in [7, 11) is 0. The van der Waals surface area contributed by atoms with Crippen molar-refractivity contribution in [3.05, 3.63) is 42.5 Å². The average molecular weight is 700 g/mol. The van der Waals surface area contributed by atoms with Gasteiger partial charge in [-0.1, -0.05) is 18.7 Å². The molecule has 2 atom stereocenters. The topological polar surface area (TPSA) is 158 Å². The summed E-state index contributed by atoms with van der Waals surface area (Å²) in [6.45, 7) is 15.2. The molecule has 2 aliphatic rings. The second-order valence-electron chi connectivity index (χ2n) is 14.3. The Hall–Kier alpha value is -4.10. The van der Waals surface area contributed by atoms with Crippen LogP contribution in [0.1, 0.15) is 91.2 Å². The molecular weight excluding hydrogens is 646 g/mol. The highest BCUT2D eigenvalue weighted by Gasteiger charge is 2.42. The molecule has 1 aromatic carbocycles. The van der Waals surface area contributed by atoms with Crippen molar-refractivity contribution in [2.45, 2.75) is 97.3 Å². The molecule has 276 valence electrons. The SMILES string of the molecule is C=CC(=O)OCC(C)(C)C(=O)C(=O)N1CCCC[C@H]1C(=O)O[C@H](CCCN1CCOCC1)c1cccc(NC(=O)CCC(=O)OC(C)(C)C)c1. The number of ether oxygens (including phenoxy) is 4. The number of ketones is 1. The van der Waals surface area contributed by atoms with Gasteiger partial charge in [0.2, 0.25) is 11.7 Å². The number of esters is 3. The minimum Gasteiger partial charge on any atom is -0.461 e. The normalized spacial score (nSPS) is 17.6. The molecule has 2 fully saturated rings. The summed E-state index contributed by atoms with van der Waals surface area (Å²) in [6, 6.07) is 6.03. The van der Waals surface area contributed by atoms with Crippen LogP contribution in [0.25, 0.3) is 0 Å². The number of hydrogen-bond acceptors (Lipinski definition) is 11. The van der Waals surface area contributed by atoms with E-state index in [1.165, 1.54) is 18.7 Å². The predicted molar refractivity (Wildman–Crippen MR) is 185 cm³/mol. The number of likely N-dealkylation sites (tertiary alicyclic amines) is 1. The standard InChI is InChI=1S/C37H53N3O10/c1-7-31(42)48-25-37(5,6)33(44)34(45)40-19-9-8-14-28(40)35(46)49-29(15-11-18-39-20-22-47-23-21-39)26-12-10-13-27(24-26)38-30(41)16-17-32(43)50-36(2,3)4/h7,10,12-13,24,28-29H,1,8-9,11,14-23,25H2,2-6H3,(H,38,41)/t28-,29+/m0/s1. The van der Waals surface area contributed by atoms with E-state index in [1.807, 2.05) is 6.07 Å². The van der Waals surface area contributed by atoms with Gasteiger partial charge in [-0.15, -0.1) is 0 Å². The van der Waals surface area contributed by atoms with Crippen LogP contribution >= 0.6 is 0 Å². The molecular formula is C37H53N3O10. The van der Waals surface area contributed by atoms with E-state index in [9.17, 15) is 28.8 Å². The highest BCUT2D eigenvalue weighted by molar-refractivity contribution is 6.38. The van der Waals surface area contributed by atoms with Crippen molar-refractivity contribution in [1.82, 2.24) is 9.80 Å². The quantitative estimate of drug-likeness (QED) is 0.114. The van der Waals surface area contributed by atoms with Gasteiger partial charge in [0.1, 0.15) is 24.4 Å². The van der Waals surface area contributed by atoms with Crippen LogP contribution in [0.4, 0.5) is 5.69 Å². The molecule has 0 unspecified atom stereocenters. The third kappa shape index (κ3) is 13.0. The first-order valence-corrected chi connectivity index (χ1v) is 17.4. The van der Waals surface area contributed by atoms with Gasteiger partial charge in [0.15, 0.2) is 0 Å². The van der Waals surface area contributed by atoms with E-state index >= 15 is 0 Å². The summed E-state index contributed by atoms with van der Waals surface area (Å²) in [5.74, 6) is -3.76. The molecule has 13 nitrogen and oxygen atoms in total. The van der Waals surface area contributed by atoms with E-state index in [1.54, 1.807) is 39.0 Å². The number of hydrogen-bond donors (Lipinski definition) is 1. The number of nitrogens with one attached hydrogen (secondary N) is 1. The number of rotatable bonds is 16. The van der Waals surface area contributed by atoms with E-state index in [4.69, 9.17) is 18.9 Å². The van der Waals surface area contributed by atoms with E-state index in [-0.39, 0.29) is 31.9 Å². The van der Waals surface area contributed by atoms with E-state index < -0.39 is 52.8 Å². The Labute approximate surface area is 295 Å². The molecule has 13 heteroatoms. The molecule has 2 heterocycles. The Morgan fingerprint density at radius 2 is 1.74 bits per heavy atom. The van der Waals surface area contributed by atoms with Gasteiger partial charge in [-0.05, 0) is 91.0 Å². The second-order valence-corrected chi connectivity index (χ2v) is 14.3. The molecule has 0 saturated carbocycles. The maximum absolute atomic E-state index is 13.9. The van der Waals surface area contributed by atoms with Crippen molar-refractivity contribution in [1.29, 1.82) is 0 Å². The summed E-state index contributed by atoms with van der Waals surface area (Å²) in [4.78, 5) is 80.6. The molecule has 0 aliphatic carbocycles. The van der Waals surface area contributed by atoms with Gasteiger partial charge in [0, 0.05) is 37.8 Å². The van der Waals surface area contributed by atoms with Crippen LogP contribution in [-0.4, -0.2) is 103 Å². The Kier molecular flexibility index (Phi) is 15.1. The Morgan fingerprint density at radius 1 is 1.02 bits per heavy atom. The zero-order valence-electron chi connectivity index (χ0n) is 30.1. The van der Waals surface area contributed by atoms with E-state index in [0.29, 0.717) is 56.6 Å². The number of morpholine rings is 1. The van der Waals surface area contributed by atoms with Crippen LogP contribution in [0.5, 0.6) is 0 Å². The molecule has 1 N–H and O–H groups in total. The lowest BCUT2D eigenvalue weighted by Gasteiger charge is -2.36. The summed E-state index contributed by atoms with van der Waals surface area (Å²) in [6.07, 6.45) is 2.94. The Morgan fingerprint density at radius 3 is 2.42 bits per heavy atom. The molecule has 3 rings (SSSR count). The lowest BCUT2D eigenvalue weighted by atomic mass is 9.87. The number of Topliss-reactive ketones (excluding diaryl/α,β-unsaturated/α-hetero) is 1. The lowest BCUT2D eigenvalue weighted by molar-refractivity contribution is -0.165. The second kappa shape index (κ2) is 18.8. The van der Waals surface area contributed by atoms with Gasteiger partial charge >= 0.3 is 17.9 Å². The summed E-state index contributed by atoms with van der Waals surface area (Å²) in [5, 5.41) is 2.81. The molecule has 2 aliphatic heterocycles. The molecule has 2 saturated heterocycles. The van der Waals surface area contributed by atoms with Gasteiger partial charge in [0.25, 0.3) is 5.91 Å². The van der Waals surface area contributed by atoms with E-state index in [2.05, 4.69) is 16.8 Å². The first kappa shape index (κ1) is 40.3. The summed E-state index contributed by atoms with van der Waals surface area (Å²) in [5.41, 5.74) is -0.835. The maximum atomic E-state index is 13.9. The molecule has 0 bridgehead atoms. The van der Waals surface area contributed by atoms with Gasteiger partial charge in [-0.3, -0.25) is 24.1 Å². The van der Waals surface area contributed by atoms with Gasteiger partial charge in [0.05, 0.1) is 25.0 Å². The number of carbonyl (C=O) groups is 6. The highest BCUT2D eigenvalue weighted by Crippen LogP contribution is 2.30. The summed E-state index contributed by atoms with van der Waals surface area (Å²) >= 11 is 0. The smallest absolute Gasteiger partial charge is 0.330 e. The zero-order valence-corrected chi connectivity index (χ0v) is 30.1. The predicted octanol–water partition coefficient (Wildman–Crippen LogP) is 4.15. The van der Waals surface area contributed by atoms with Crippen molar-refractivity contribution in [2.75, 3.05) is 51.3 Å². The van der Waals surface area contributed by atoms with Gasteiger partial charge in [-0.2, -0.15) is 0 Å². The molecule has 2 amide bonds. The lowest BCUT2D eigenvalue weighted by Crippen LogP contribution is -2.53. The molecule has 50 heavy (non-hydrogen) atoms. The van der Waals surface area contributed by atoms with Crippen LogP contribution in [0, 0.1) is 5.41 Å². The number of anilines is 1. The number of carbonyl (C=O) groups excluding carboxylic acids is 6. The first-order valence-electron chi connectivity index (χ1n) is 17.4. The van der Waals surface area contributed by atoms with E-state index in [0.717, 1.165) is 25.7 Å². The van der Waals surface area contributed by atoms with Crippen LogP contribution in [-0.2, 0) is 47.7 Å². The van der Waals surface area contributed by atoms with Crippen molar-refractivity contribution < 1.29 is 47.7 Å². The minimum absolute atomic E-state index is 0.0607. The Bertz CT molecular complexity index is 1380. The number of piperidine rings is 1. The van der Waals surface area contributed by atoms with Crippen molar-refractivity contribution in [2.24, 2.45) is 5.41 Å². The van der Waals surface area contributed by atoms with Crippen LogP contribution in [0.15, 0.2) is 36.9 Å². The van der Waals surface area contributed by atoms with Gasteiger partial charge in [-0.25, -0.2) is 9.59 Å². The fourth-order valence-electron chi connectivity index (χ4n) is 5.70. The molecule has 0 radical (unpaired) electrons. The highest BCUT2D eigenvalue weighted by atomic mass is 16.6. The average Bonchev–Trinajstić information content (AvgIpc) is 3.08. The fraction of sp³-hybridized carbons (Fsp3) is 0.622. The maximum Gasteiger partial charge on any atom is 0.330 e. The molecule has 0 spiro atoms. The van der Waals surface area contributed by atoms with Crippen LogP contribution in [0.3, 0.4) is 0 Å². The van der Waals surface area contributed by atoms with Crippen LogP contribution in [0.2, 0.25) is 0 Å². The summed E-state index contributed by atoms with van der Waals surface area (Å²) < 4.78 is 21.9. The molecule has 1 aromatic rings. The number of amides is 2. The number of nitrogens with zero attached hydrogens (tertiary/aromatic N) is 2. The van der Waals surface area contributed by atoms with Crippen molar-refractivity contribution in [3.63, 3.8) is 0 Å². The van der Waals surface area contributed by atoms with Crippen molar-refractivity contribution >= 4 is 41.2 Å². The number of benzene rings is 1. The molecule has 0 aromatic heterocycles. The third-order valence-corrected chi connectivity index (χ3v) is 8.41. The Balaban J connectivity index is 1.75. The monoisotopic (exact) mass is 699 g/mol. The minimum atomic E-state index is -1.32. The largest absolute Gasteiger partial charge is 0.461 e. The van der Waals surface area contributed by atoms with Gasteiger partial charge < -0.3 is 29.2 Å². The first-order chi connectivity index (χ1) is 23.6. The zero-order chi connectivity index (χ0) is 36.9.